The van der Waals surface area contributed by atoms with E-state index in [0.29, 0.717) is 48.6 Å². The third kappa shape index (κ3) is 4.76. The normalized spacial score (nSPS) is 20.9. The number of hydrogen-bond donors (Lipinski definition) is 1. The number of fused-ring (bicyclic) bond motifs is 1. The molecule has 2 unspecified atom stereocenters. The van der Waals surface area contributed by atoms with Crippen molar-refractivity contribution < 1.29 is 19.0 Å². The molecular weight excluding hydrogens is 466 g/mol. The Morgan fingerprint density at radius 3 is 2.57 bits per heavy atom. The van der Waals surface area contributed by atoms with Gasteiger partial charge in [0.15, 0.2) is 11.5 Å². The molecule has 2 aromatic carbocycles. The van der Waals surface area contributed by atoms with Gasteiger partial charge >= 0.3 is 0 Å². The van der Waals surface area contributed by atoms with Crippen LogP contribution in [0.1, 0.15) is 71.1 Å². The van der Waals surface area contributed by atoms with E-state index in [-0.39, 0.29) is 18.1 Å². The molecule has 1 aromatic heterocycles. The van der Waals surface area contributed by atoms with Crippen molar-refractivity contribution in [2.75, 3.05) is 20.3 Å². The first kappa shape index (κ1) is 23.8. The van der Waals surface area contributed by atoms with Gasteiger partial charge in [-0.25, -0.2) is 4.98 Å². The summed E-state index contributed by atoms with van der Waals surface area (Å²) < 4.78 is 17.0. The van der Waals surface area contributed by atoms with Crippen LogP contribution >= 0.6 is 0 Å². The molecule has 2 atom stereocenters. The highest BCUT2D eigenvalue weighted by atomic mass is 16.6. The van der Waals surface area contributed by atoms with Crippen molar-refractivity contribution in [1.29, 1.82) is 0 Å². The topological polar surface area (TPSA) is 72.9 Å². The van der Waals surface area contributed by atoms with E-state index < -0.39 is 0 Å². The van der Waals surface area contributed by atoms with Crippen LogP contribution in [0.3, 0.4) is 0 Å². The van der Waals surface area contributed by atoms with Crippen molar-refractivity contribution in [2.45, 2.75) is 56.8 Å². The van der Waals surface area contributed by atoms with Gasteiger partial charge in [0.2, 0.25) is 5.88 Å². The fourth-order valence-electron chi connectivity index (χ4n) is 5.64. The smallest absolute Gasteiger partial charge is 0.255 e. The molecule has 3 aromatic rings. The largest absolute Gasteiger partial charge is 0.486 e. The van der Waals surface area contributed by atoms with Crippen molar-refractivity contribution in [1.82, 2.24) is 15.2 Å². The fourth-order valence-corrected chi connectivity index (χ4v) is 5.64. The Morgan fingerprint density at radius 1 is 1.00 bits per heavy atom. The number of aromatic nitrogens is 1. The molecule has 7 heteroatoms. The van der Waals surface area contributed by atoms with Gasteiger partial charge in [-0.3, -0.25) is 10.1 Å². The van der Waals surface area contributed by atoms with Crippen LogP contribution in [0.5, 0.6) is 17.4 Å². The minimum absolute atomic E-state index is 0.0132. The first-order valence-electron chi connectivity index (χ1n) is 13.2. The molecule has 3 aliphatic rings. The van der Waals surface area contributed by atoms with E-state index in [4.69, 9.17) is 14.2 Å². The minimum Gasteiger partial charge on any atom is -0.486 e. The Hall–Kier alpha value is -3.58. The number of benzene rings is 2. The summed E-state index contributed by atoms with van der Waals surface area (Å²) in [4.78, 5) is 20.6. The zero-order chi connectivity index (χ0) is 25.2. The quantitative estimate of drug-likeness (QED) is 0.480. The second kappa shape index (κ2) is 10.4. The van der Waals surface area contributed by atoms with Gasteiger partial charge in [0.1, 0.15) is 13.2 Å². The van der Waals surface area contributed by atoms with Crippen LogP contribution in [0, 0.1) is 0 Å². The average Bonchev–Trinajstić information content (AvgIpc) is 3.35. The van der Waals surface area contributed by atoms with E-state index in [2.05, 4.69) is 28.5 Å². The van der Waals surface area contributed by atoms with Gasteiger partial charge in [0, 0.05) is 23.9 Å². The summed E-state index contributed by atoms with van der Waals surface area (Å²) in [7, 11) is 1.66. The van der Waals surface area contributed by atoms with E-state index in [1.165, 1.54) is 24.8 Å². The second-order valence-electron chi connectivity index (χ2n) is 10.0. The van der Waals surface area contributed by atoms with Crippen LogP contribution in [-0.2, 0) is 6.54 Å². The highest BCUT2D eigenvalue weighted by Crippen LogP contribution is 2.39. The molecule has 37 heavy (non-hydrogen) atoms. The van der Waals surface area contributed by atoms with Crippen LogP contribution in [0.25, 0.3) is 0 Å². The van der Waals surface area contributed by atoms with E-state index in [1.807, 2.05) is 47.5 Å². The molecule has 1 N–H and O–H groups in total. The van der Waals surface area contributed by atoms with Crippen molar-refractivity contribution in [3.8, 4) is 17.4 Å². The van der Waals surface area contributed by atoms with Gasteiger partial charge in [-0.2, -0.15) is 0 Å². The van der Waals surface area contributed by atoms with Crippen LogP contribution in [0.2, 0.25) is 0 Å². The summed E-state index contributed by atoms with van der Waals surface area (Å²) in [6, 6.07) is 18.0. The number of carbonyl (C=O) groups excluding carboxylic acids is 1. The summed E-state index contributed by atoms with van der Waals surface area (Å²) in [5.74, 6) is 2.52. The molecule has 2 fully saturated rings. The first-order chi connectivity index (χ1) is 18.2. The zero-order valence-electron chi connectivity index (χ0n) is 21.2. The monoisotopic (exact) mass is 499 g/mol. The molecule has 0 bridgehead atoms. The Balaban J connectivity index is 1.27. The van der Waals surface area contributed by atoms with Gasteiger partial charge in [-0.05, 0) is 67.0 Å². The van der Waals surface area contributed by atoms with Crippen molar-refractivity contribution >= 4 is 5.91 Å². The summed E-state index contributed by atoms with van der Waals surface area (Å²) in [5, 5.41) is 3.67. The first-order valence-corrected chi connectivity index (χ1v) is 13.2. The Bertz CT molecular complexity index is 1260. The molecule has 1 saturated heterocycles. The van der Waals surface area contributed by atoms with Crippen LogP contribution in [0.4, 0.5) is 0 Å². The molecule has 7 nitrogen and oxygen atoms in total. The molecular formula is C30H33N3O4. The van der Waals surface area contributed by atoms with E-state index in [1.54, 1.807) is 7.11 Å². The zero-order valence-corrected chi connectivity index (χ0v) is 21.2. The summed E-state index contributed by atoms with van der Waals surface area (Å²) in [6.07, 6.45) is 7.29. The summed E-state index contributed by atoms with van der Waals surface area (Å²) in [5.41, 5.74) is 4.05. The van der Waals surface area contributed by atoms with E-state index >= 15 is 0 Å². The lowest BCUT2D eigenvalue weighted by Crippen LogP contribution is -2.45. The highest BCUT2D eigenvalue weighted by molar-refractivity contribution is 5.95. The van der Waals surface area contributed by atoms with Crippen molar-refractivity contribution in [3.05, 3.63) is 83.0 Å². The number of ether oxygens (including phenoxy) is 3. The van der Waals surface area contributed by atoms with Crippen LogP contribution in [-0.4, -0.2) is 42.3 Å². The summed E-state index contributed by atoms with van der Waals surface area (Å²) >= 11 is 0. The molecule has 0 spiro atoms. The Kier molecular flexibility index (Phi) is 6.70. The molecule has 1 saturated carbocycles. The van der Waals surface area contributed by atoms with Crippen molar-refractivity contribution in [3.63, 3.8) is 0 Å². The van der Waals surface area contributed by atoms with Gasteiger partial charge in [0.05, 0.1) is 19.3 Å². The third-order valence-corrected chi connectivity index (χ3v) is 7.84. The van der Waals surface area contributed by atoms with Gasteiger partial charge in [-0.15, -0.1) is 0 Å². The number of pyridine rings is 1. The molecule has 1 amide bonds. The fraction of sp³-hybridized carbons (Fsp3) is 0.400. The maximum absolute atomic E-state index is 14.0. The number of likely N-dealkylation sites (tertiary alicyclic amines) is 1. The number of methoxy groups -OCH3 is 1. The third-order valence-electron chi connectivity index (χ3n) is 7.84. The Labute approximate surface area is 217 Å². The molecule has 3 heterocycles. The maximum atomic E-state index is 14.0. The predicted molar refractivity (Wildman–Crippen MR) is 140 cm³/mol. The van der Waals surface area contributed by atoms with E-state index in [9.17, 15) is 4.79 Å². The maximum Gasteiger partial charge on any atom is 0.255 e. The molecule has 0 radical (unpaired) electrons. The number of nitrogens with one attached hydrogen (secondary N) is 1. The van der Waals surface area contributed by atoms with Crippen molar-refractivity contribution in [2.24, 2.45) is 0 Å². The standard InChI is InChI=1S/C30H33N3O4/c1-35-29-24(16-23(18-32-29)20-8-5-9-20)19-31-28-13-11-25(21-6-3-2-4-7-21)33(28)30(34)22-10-12-26-27(17-22)37-15-14-36-26/h2-4,6-7,10,12,16-18,20,25,28,31H,5,8-9,11,13-15,19H2,1H3. The Morgan fingerprint density at radius 2 is 1.81 bits per heavy atom. The summed E-state index contributed by atoms with van der Waals surface area (Å²) in [6.45, 7) is 1.59. The van der Waals surface area contributed by atoms with Gasteiger partial charge in [-0.1, -0.05) is 36.8 Å². The number of rotatable bonds is 7. The predicted octanol–water partition coefficient (Wildman–Crippen LogP) is 5.22. The molecule has 1 aliphatic carbocycles. The SMILES string of the molecule is COc1ncc(C2CCC2)cc1CNC1CCC(c2ccccc2)N1C(=O)c1ccc2c(c1)OCCO2. The van der Waals surface area contributed by atoms with Crippen LogP contribution in [0.15, 0.2) is 60.8 Å². The lowest BCUT2D eigenvalue weighted by Gasteiger charge is -2.32. The lowest BCUT2D eigenvalue weighted by molar-refractivity contribution is 0.0630. The minimum atomic E-state index is -0.122. The molecule has 192 valence electrons. The molecule has 6 rings (SSSR count). The number of carbonyl (C=O) groups is 1. The highest BCUT2D eigenvalue weighted by Gasteiger charge is 2.38. The van der Waals surface area contributed by atoms with Gasteiger partial charge < -0.3 is 19.1 Å². The molecule has 2 aliphatic heterocycles. The second-order valence-corrected chi connectivity index (χ2v) is 10.0. The lowest BCUT2D eigenvalue weighted by atomic mass is 9.80. The number of amides is 1. The number of nitrogens with zero attached hydrogens (tertiary/aromatic N) is 2. The van der Waals surface area contributed by atoms with Crippen LogP contribution < -0.4 is 19.5 Å². The van der Waals surface area contributed by atoms with Gasteiger partial charge in [0.25, 0.3) is 5.91 Å². The number of hydrogen-bond acceptors (Lipinski definition) is 6. The van der Waals surface area contributed by atoms with E-state index in [0.717, 1.165) is 24.0 Å². The average molecular weight is 500 g/mol.